The molecular formula is C20H21Cl2FN2OS. The summed E-state index contributed by atoms with van der Waals surface area (Å²) in [4.78, 5) is 16.6. The quantitative estimate of drug-likeness (QED) is 0.669. The molecule has 0 aromatic heterocycles. The number of benzene rings is 2. The molecule has 0 atom stereocenters. The normalized spacial score (nSPS) is 14.5. The number of amides is 1. The topological polar surface area (TPSA) is 23.6 Å². The Morgan fingerprint density at radius 3 is 2.44 bits per heavy atom. The van der Waals surface area contributed by atoms with Crippen LogP contribution in [0.25, 0.3) is 0 Å². The molecule has 1 amide bonds. The van der Waals surface area contributed by atoms with E-state index in [4.69, 9.17) is 23.2 Å². The highest BCUT2D eigenvalue weighted by Gasteiger charge is 2.22. The van der Waals surface area contributed by atoms with Crippen LogP contribution in [0.3, 0.4) is 0 Å². The summed E-state index contributed by atoms with van der Waals surface area (Å²) in [6.45, 7) is 4.99. The van der Waals surface area contributed by atoms with Crippen molar-refractivity contribution in [1.29, 1.82) is 0 Å². The van der Waals surface area contributed by atoms with Gasteiger partial charge in [-0.1, -0.05) is 35.3 Å². The van der Waals surface area contributed by atoms with E-state index in [0.717, 1.165) is 23.8 Å². The summed E-state index contributed by atoms with van der Waals surface area (Å²) in [5.41, 5.74) is 2.88. The molecule has 0 N–H and O–H groups in total. The van der Waals surface area contributed by atoms with E-state index < -0.39 is 0 Å². The van der Waals surface area contributed by atoms with E-state index in [1.165, 1.54) is 23.4 Å². The second-order valence-electron chi connectivity index (χ2n) is 6.53. The third-order valence-corrected chi connectivity index (χ3v) is 6.08. The van der Waals surface area contributed by atoms with E-state index in [9.17, 15) is 9.18 Å². The van der Waals surface area contributed by atoms with Gasteiger partial charge in [0.15, 0.2) is 0 Å². The van der Waals surface area contributed by atoms with Gasteiger partial charge in [0.2, 0.25) is 5.91 Å². The molecule has 27 heavy (non-hydrogen) atoms. The fraction of sp³-hybridized carbons (Fsp3) is 0.350. The highest BCUT2D eigenvalue weighted by atomic mass is 35.5. The number of thioether (sulfide) groups is 1. The average molecular weight is 427 g/mol. The fourth-order valence-electron chi connectivity index (χ4n) is 3.10. The van der Waals surface area contributed by atoms with Gasteiger partial charge in [-0.25, -0.2) is 4.39 Å². The number of nitrogens with zero attached hydrogens (tertiary/aromatic N) is 2. The van der Waals surface area contributed by atoms with Gasteiger partial charge in [0.25, 0.3) is 0 Å². The second kappa shape index (κ2) is 9.18. The molecule has 3 rings (SSSR count). The summed E-state index contributed by atoms with van der Waals surface area (Å²) in [6.07, 6.45) is 0. The molecule has 0 bridgehead atoms. The van der Waals surface area contributed by atoms with Crippen molar-refractivity contribution in [1.82, 2.24) is 4.90 Å². The van der Waals surface area contributed by atoms with E-state index in [2.05, 4.69) is 11.8 Å². The molecule has 0 saturated carbocycles. The number of carbonyl (C=O) groups excluding carboxylic acids is 1. The van der Waals surface area contributed by atoms with Crippen molar-refractivity contribution in [2.75, 3.05) is 36.8 Å². The number of carbonyl (C=O) groups is 1. The van der Waals surface area contributed by atoms with E-state index in [-0.39, 0.29) is 11.7 Å². The van der Waals surface area contributed by atoms with Gasteiger partial charge in [-0.3, -0.25) is 4.79 Å². The number of halogens is 3. The first kappa shape index (κ1) is 20.3. The zero-order valence-electron chi connectivity index (χ0n) is 15.1. The van der Waals surface area contributed by atoms with Gasteiger partial charge < -0.3 is 9.80 Å². The fourth-order valence-corrected chi connectivity index (χ4v) is 4.34. The molecule has 1 aliphatic rings. The van der Waals surface area contributed by atoms with Crippen LogP contribution in [0.1, 0.15) is 11.1 Å². The Hall–Kier alpha value is -1.43. The van der Waals surface area contributed by atoms with Crippen molar-refractivity contribution in [2.45, 2.75) is 12.7 Å². The van der Waals surface area contributed by atoms with E-state index in [0.29, 0.717) is 35.2 Å². The Bertz CT molecular complexity index is 826. The lowest BCUT2D eigenvalue weighted by atomic mass is 10.1. The van der Waals surface area contributed by atoms with E-state index in [1.54, 1.807) is 12.1 Å². The van der Waals surface area contributed by atoms with Gasteiger partial charge in [0.1, 0.15) is 5.82 Å². The highest BCUT2D eigenvalue weighted by molar-refractivity contribution is 7.99. The van der Waals surface area contributed by atoms with Crippen LogP contribution in [0, 0.1) is 12.7 Å². The Labute approximate surface area is 173 Å². The molecule has 1 saturated heterocycles. The lowest BCUT2D eigenvalue weighted by molar-refractivity contribution is -0.128. The summed E-state index contributed by atoms with van der Waals surface area (Å²) in [7, 11) is 0. The van der Waals surface area contributed by atoms with Crippen LogP contribution in [0.5, 0.6) is 0 Å². The zero-order valence-corrected chi connectivity index (χ0v) is 17.4. The van der Waals surface area contributed by atoms with Gasteiger partial charge in [-0.15, -0.1) is 11.8 Å². The Kier molecular flexibility index (Phi) is 6.90. The number of aryl methyl sites for hydroxylation is 1. The maximum Gasteiger partial charge on any atom is 0.232 e. The maximum atomic E-state index is 13.8. The minimum Gasteiger partial charge on any atom is -0.368 e. The van der Waals surface area contributed by atoms with Crippen LogP contribution in [0.4, 0.5) is 10.1 Å². The van der Waals surface area contributed by atoms with Crippen LogP contribution in [0.2, 0.25) is 10.0 Å². The third-order valence-electron chi connectivity index (χ3n) is 4.64. The number of piperazine rings is 1. The SMILES string of the molecule is Cc1ccc(Cl)cc1N1CCN(C(=O)CSCc2ccc(Cl)cc2F)CC1. The summed E-state index contributed by atoms with van der Waals surface area (Å²) >= 11 is 13.3. The molecule has 1 fully saturated rings. The Morgan fingerprint density at radius 1 is 1.07 bits per heavy atom. The van der Waals surface area contributed by atoms with Crippen molar-refractivity contribution in [2.24, 2.45) is 0 Å². The van der Waals surface area contributed by atoms with Gasteiger partial charge in [-0.05, 0) is 42.3 Å². The van der Waals surface area contributed by atoms with Crippen molar-refractivity contribution in [3.63, 3.8) is 0 Å². The largest absolute Gasteiger partial charge is 0.368 e. The molecule has 0 aliphatic carbocycles. The molecule has 7 heteroatoms. The third kappa shape index (κ3) is 5.31. The van der Waals surface area contributed by atoms with Crippen LogP contribution < -0.4 is 4.90 Å². The first-order chi connectivity index (χ1) is 12.9. The molecule has 2 aromatic rings. The molecule has 0 radical (unpaired) electrons. The van der Waals surface area contributed by atoms with E-state index >= 15 is 0 Å². The van der Waals surface area contributed by atoms with Crippen molar-refractivity contribution >= 4 is 46.6 Å². The van der Waals surface area contributed by atoms with Crippen molar-refractivity contribution in [3.05, 3.63) is 63.4 Å². The van der Waals surface area contributed by atoms with Crippen molar-refractivity contribution in [3.8, 4) is 0 Å². The number of rotatable bonds is 5. The molecule has 3 nitrogen and oxygen atoms in total. The summed E-state index contributed by atoms with van der Waals surface area (Å²) in [5.74, 6) is 0.569. The maximum absolute atomic E-state index is 13.8. The minimum absolute atomic E-state index is 0.0943. The minimum atomic E-state index is -0.326. The van der Waals surface area contributed by atoms with Gasteiger partial charge in [-0.2, -0.15) is 0 Å². The van der Waals surface area contributed by atoms with Gasteiger partial charge in [0.05, 0.1) is 5.75 Å². The second-order valence-corrected chi connectivity index (χ2v) is 8.39. The van der Waals surface area contributed by atoms with Crippen LogP contribution >= 0.6 is 35.0 Å². The summed E-state index contributed by atoms with van der Waals surface area (Å²) in [6, 6.07) is 10.5. The monoisotopic (exact) mass is 426 g/mol. The standard InChI is InChI=1S/C20H21Cl2FN2OS/c1-14-2-4-17(22)11-19(14)24-6-8-25(9-7-24)20(26)13-27-12-15-3-5-16(21)10-18(15)23/h2-5,10-11H,6-9,12-13H2,1H3. The van der Waals surface area contributed by atoms with Crippen LogP contribution in [-0.4, -0.2) is 42.7 Å². The first-order valence-corrected chi connectivity index (χ1v) is 10.7. The van der Waals surface area contributed by atoms with Crippen molar-refractivity contribution < 1.29 is 9.18 Å². The average Bonchev–Trinajstić information content (AvgIpc) is 2.65. The molecule has 2 aromatic carbocycles. The van der Waals surface area contributed by atoms with Gasteiger partial charge in [0, 0.05) is 47.7 Å². The number of anilines is 1. The molecule has 1 aliphatic heterocycles. The Balaban J connectivity index is 1.48. The predicted octanol–water partition coefficient (Wildman–Crippen LogP) is 5.02. The highest BCUT2D eigenvalue weighted by Crippen LogP contribution is 2.25. The molecule has 1 heterocycles. The zero-order chi connectivity index (χ0) is 19.4. The van der Waals surface area contributed by atoms with E-state index in [1.807, 2.05) is 23.1 Å². The molecular weight excluding hydrogens is 406 g/mol. The number of hydrogen-bond acceptors (Lipinski definition) is 3. The van der Waals surface area contributed by atoms with Crippen LogP contribution in [-0.2, 0) is 10.5 Å². The molecule has 0 unspecified atom stereocenters. The smallest absolute Gasteiger partial charge is 0.232 e. The lowest BCUT2D eigenvalue weighted by Crippen LogP contribution is -2.49. The number of hydrogen-bond donors (Lipinski definition) is 0. The van der Waals surface area contributed by atoms with Gasteiger partial charge >= 0.3 is 0 Å². The Morgan fingerprint density at radius 2 is 1.74 bits per heavy atom. The predicted molar refractivity (Wildman–Crippen MR) is 113 cm³/mol. The lowest BCUT2D eigenvalue weighted by Gasteiger charge is -2.37. The molecule has 144 valence electrons. The first-order valence-electron chi connectivity index (χ1n) is 8.74. The molecule has 0 spiro atoms. The van der Waals surface area contributed by atoms with Crippen LogP contribution in [0.15, 0.2) is 36.4 Å². The summed E-state index contributed by atoms with van der Waals surface area (Å²) in [5, 5.41) is 1.10. The summed E-state index contributed by atoms with van der Waals surface area (Å²) < 4.78 is 13.8.